The highest BCUT2D eigenvalue weighted by molar-refractivity contribution is 7.89. The Hall–Kier alpha value is -2.00. The van der Waals surface area contributed by atoms with E-state index in [0.29, 0.717) is 0 Å². The van der Waals surface area contributed by atoms with Crippen LogP contribution >= 0.6 is 0 Å². The van der Waals surface area contributed by atoms with Crippen LogP contribution in [0.1, 0.15) is 20.8 Å². The Bertz CT molecular complexity index is 648. The molecule has 116 valence electrons. The van der Waals surface area contributed by atoms with Crippen LogP contribution in [-0.4, -0.2) is 31.5 Å². The van der Waals surface area contributed by atoms with Crippen molar-refractivity contribution < 1.29 is 22.9 Å². The number of carbonyl (C=O) groups is 1. The average molecular weight is 316 g/mol. The predicted molar refractivity (Wildman–Crippen MR) is 74.1 cm³/mol. The normalized spacial score (nSPS) is 12.0. The summed E-state index contributed by atoms with van der Waals surface area (Å²) >= 11 is 0. The highest BCUT2D eigenvalue weighted by atomic mass is 32.2. The van der Waals surface area contributed by atoms with Gasteiger partial charge in [-0.1, -0.05) is 6.07 Å². The summed E-state index contributed by atoms with van der Waals surface area (Å²) in [6.07, 6.45) is 0. The SMILES string of the molecule is CC(C)(C)OC(=O)CNS(=O)(=O)c1cccc([N+](=O)[O-])c1. The van der Waals surface area contributed by atoms with Crippen molar-refractivity contribution in [3.8, 4) is 0 Å². The average Bonchev–Trinajstić information content (AvgIpc) is 2.35. The molecule has 0 heterocycles. The van der Waals surface area contributed by atoms with Crippen LogP contribution in [0.25, 0.3) is 0 Å². The fourth-order valence-corrected chi connectivity index (χ4v) is 2.39. The standard InChI is InChI=1S/C12H16N2O6S/c1-12(2,3)20-11(15)8-13-21(18,19)10-6-4-5-9(7-10)14(16)17/h4-7,13H,8H2,1-3H3. The maximum atomic E-state index is 11.9. The molecule has 0 fully saturated rings. The molecule has 1 rings (SSSR count). The van der Waals surface area contributed by atoms with E-state index >= 15 is 0 Å². The minimum Gasteiger partial charge on any atom is -0.459 e. The van der Waals surface area contributed by atoms with Crippen molar-refractivity contribution in [1.29, 1.82) is 0 Å². The number of benzene rings is 1. The van der Waals surface area contributed by atoms with Gasteiger partial charge in [0.25, 0.3) is 5.69 Å². The van der Waals surface area contributed by atoms with Crippen LogP contribution in [-0.2, 0) is 19.6 Å². The number of hydrogen-bond donors (Lipinski definition) is 1. The quantitative estimate of drug-likeness (QED) is 0.496. The van der Waals surface area contributed by atoms with Gasteiger partial charge in [-0.2, -0.15) is 4.72 Å². The van der Waals surface area contributed by atoms with Crippen LogP contribution in [0.3, 0.4) is 0 Å². The summed E-state index contributed by atoms with van der Waals surface area (Å²) in [6, 6.07) is 4.54. The number of carbonyl (C=O) groups excluding carboxylic acids is 1. The molecule has 1 aromatic carbocycles. The largest absolute Gasteiger partial charge is 0.459 e. The zero-order valence-corrected chi connectivity index (χ0v) is 12.6. The molecule has 0 radical (unpaired) electrons. The van der Waals surface area contributed by atoms with Crippen LogP contribution in [0, 0.1) is 10.1 Å². The van der Waals surface area contributed by atoms with Crippen molar-refractivity contribution >= 4 is 21.7 Å². The highest BCUT2D eigenvalue weighted by Crippen LogP contribution is 2.17. The maximum Gasteiger partial charge on any atom is 0.321 e. The first-order valence-corrected chi connectivity index (χ1v) is 7.45. The van der Waals surface area contributed by atoms with Gasteiger partial charge < -0.3 is 4.74 Å². The molecular formula is C12H16N2O6S. The van der Waals surface area contributed by atoms with Gasteiger partial charge in [0.05, 0.1) is 9.82 Å². The van der Waals surface area contributed by atoms with Crippen molar-refractivity contribution in [1.82, 2.24) is 4.72 Å². The lowest BCUT2D eigenvalue weighted by atomic mass is 10.2. The molecular weight excluding hydrogens is 300 g/mol. The van der Waals surface area contributed by atoms with Crippen LogP contribution < -0.4 is 4.72 Å². The molecule has 0 aliphatic heterocycles. The van der Waals surface area contributed by atoms with Gasteiger partial charge in [-0.05, 0) is 26.8 Å². The van der Waals surface area contributed by atoms with Crippen molar-refractivity contribution in [3.63, 3.8) is 0 Å². The van der Waals surface area contributed by atoms with E-state index in [2.05, 4.69) is 0 Å². The van der Waals surface area contributed by atoms with E-state index in [4.69, 9.17) is 4.74 Å². The van der Waals surface area contributed by atoms with Gasteiger partial charge >= 0.3 is 5.97 Å². The van der Waals surface area contributed by atoms with Crippen molar-refractivity contribution in [2.75, 3.05) is 6.54 Å². The summed E-state index contributed by atoms with van der Waals surface area (Å²) in [5.74, 6) is -0.739. The predicted octanol–water partition coefficient (Wildman–Crippen LogP) is 1.21. The number of nitro benzene ring substituents is 1. The van der Waals surface area contributed by atoms with Crippen molar-refractivity contribution in [3.05, 3.63) is 34.4 Å². The Kier molecular flexibility index (Phi) is 5.02. The summed E-state index contributed by atoms with van der Waals surface area (Å²) in [4.78, 5) is 21.1. The molecule has 21 heavy (non-hydrogen) atoms. The third-order valence-corrected chi connectivity index (χ3v) is 3.56. The molecule has 0 spiro atoms. The van der Waals surface area contributed by atoms with E-state index in [1.54, 1.807) is 20.8 Å². The van der Waals surface area contributed by atoms with Crippen LogP contribution in [0.4, 0.5) is 5.69 Å². The molecule has 0 unspecified atom stereocenters. The minimum atomic E-state index is -4.02. The summed E-state index contributed by atoms with van der Waals surface area (Å²) in [5.41, 5.74) is -1.08. The van der Waals surface area contributed by atoms with Gasteiger partial charge in [0.1, 0.15) is 12.1 Å². The minimum absolute atomic E-state index is 0.291. The lowest BCUT2D eigenvalue weighted by molar-refractivity contribution is -0.385. The fraction of sp³-hybridized carbons (Fsp3) is 0.417. The third-order valence-electron chi connectivity index (χ3n) is 2.17. The summed E-state index contributed by atoms with van der Waals surface area (Å²) in [5, 5.41) is 10.6. The Labute approximate surface area is 122 Å². The van der Waals surface area contributed by atoms with E-state index < -0.39 is 33.1 Å². The number of sulfonamides is 1. The zero-order chi connectivity index (χ0) is 16.3. The van der Waals surface area contributed by atoms with E-state index in [1.165, 1.54) is 18.2 Å². The van der Waals surface area contributed by atoms with Gasteiger partial charge in [0, 0.05) is 12.1 Å². The van der Waals surface area contributed by atoms with Crippen LogP contribution in [0.15, 0.2) is 29.2 Å². The number of nitro groups is 1. The third kappa shape index (κ3) is 5.48. The Morgan fingerprint density at radius 2 is 2.00 bits per heavy atom. The molecule has 0 saturated heterocycles. The molecule has 0 aliphatic carbocycles. The lowest BCUT2D eigenvalue weighted by Gasteiger charge is -2.19. The van der Waals surface area contributed by atoms with Crippen molar-refractivity contribution in [2.45, 2.75) is 31.3 Å². The molecule has 0 amide bonds. The number of hydrogen-bond acceptors (Lipinski definition) is 6. The highest BCUT2D eigenvalue weighted by Gasteiger charge is 2.21. The first kappa shape index (κ1) is 17.1. The van der Waals surface area contributed by atoms with E-state index in [1.807, 2.05) is 4.72 Å². The zero-order valence-electron chi connectivity index (χ0n) is 11.8. The number of esters is 1. The van der Waals surface area contributed by atoms with Gasteiger partial charge in [-0.25, -0.2) is 8.42 Å². The molecule has 1 aromatic rings. The van der Waals surface area contributed by atoms with Gasteiger partial charge in [-0.15, -0.1) is 0 Å². The van der Waals surface area contributed by atoms with E-state index in [-0.39, 0.29) is 10.6 Å². The van der Waals surface area contributed by atoms with Crippen molar-refractivity contribution in [2.24, 2.45) is 0 Å². The number of non-ortho nitro benzene ring substituents is 1. The molecule has 0 bridgehead atoms. The second-order valence-electron chi connectivity index (χ2n) is 5.17. The summed E-state index contributed by atoms with van der Waals surface area (Å²) < 4.78 is 30.9. The first-order valence-electron chi connectivity index (χ1n) is 5.97. The number of nitrogens with zero attached hydrogens (tertiary/aromatic N) is 1. The molecule has 0 aromatic heterocycles. The summed E-state index contributed by atoms with van der Waals surface area (Å²) in [7, 11) is -4.02. The van der Waals surface area contributed by atoms with E-state index in [9.17, 15) is 23.3 Å². The van der Waals surface area contributed by atoms with Gasteiger partial charge in [0.15, 0.2) is 0 Å². The Morgan fingerprint density at radius 3 is 2.52 bits per heavy atom. The van der Waals surface area contributed by atoms with Gasteiger partial charge in [0.2, 0.25) is 10.0 Å². The number of rotatable bonds is 5. The lowest BCUT2D eigenvalue weighted by Crippen LogP contribution is -2.34. The topological polar surface area (TPSA) is 116 Å². The molecule has 9 heteroatoms. The van der Waals surface area contributed by atoms with Crippen LogP contribution in [0.5, 0.6) is 0 Å². The maximum absolute atomic E-state index is 11.9. The molecule has 0 saturated carbocycles. The van der Waals surface area contributed by atoms with Crippen LogP contribution in [0.2, 0.25) is 0 Å². The Balaban J connectivity index is 2.81. The smallest absolute Gasteiger partial charge is 0.321 e. The fourth-order valence-electron chi connectivity index (χ4n) is 1.38. The molecule has 1 N–H and O–H groups in total. The van der Waals surface area contributed by atoms with Gasteiger partial charge in [-0.3, -0.25) is 14.9 Å². The van der Waals surface area contributed by atoms with E-state index in [0.717, 1.165) is 6.07 Å². The summed E-state index contributed by atoms with van der Waals surface area (Å²) in [6.45, 7) is 4.40. The molecule has 0 aliphatic rings. The molecule has 8 nitrogen and oxygen atoms in total. The number of ether oxygens (including phenoxy) is 1. The monoisotopic (exact) mass is 316 g/mol. The second-order valence-corrected chi connectivity index (χ2v) is 6.93. The first-order chi connectivity index (χ1) is 9.51. The number of nitrogens with one attached hydrogen (secondary N) is 1. The molecule has 0 atom stereocenters. The Morgan fingerprint density at radius 1 is 1.38 bits per heavy atom. The second kappa shape index (κ2) is 6.19.